The number of oxazole rings is 1. The molecule has 2 N–H and O–H groups in total. The van der Waals surface area contributed by atoms with Crippen LogP contribution >= 0.6 is 0 Å². The Morgan fingerprint density at radius 2 is 1.81 bits per heavy atom. The molecule has 1 aromatic heterocycles. The third kappa shape index (κ3) is 5.75. The van der Waals surface area contributed by atoms with E-state index < -0.39 is 0 Å². The summed E-state index contributed by atoms with van der Waals surface area (Å²) in [6, 6.07) is 18.9. The van der Waals surface area contributed by atoms with E-state index in [0.717, 1.165) is 50.1 Å². The normalized spacial score (nSPS) is 16.0. The van der Waals surface area contributed by atoms with E-state index in [4.69, 9.17) is 9.15 Å². The standard InChI is InChI=1S/C25H31N5O2/c1-19-8-10-20(11-9-19)23(30-12-14-31-15-13-30)17-28-25(26-2)27-16-22-18-32-24(29-22)21-6-4-3-5-7-21/h3-11,18,23H,12-17H2,1-2H3,(H2,26,27,28). The maximum absolute atomic E-state index is 5.63. The van der Waals surface area contributed by atoms with Gasteiger partial charge in [0, 0.05) is 32.2 Å². The molecule has 32 heavy (non-hydrogen) atoms. The van der Waals surface area contributed by atoms with Gasteiger partial charge in [-0.05, 0) is 24.6 Å². The smallest absolute Gasteiger partial charge is 0.226 e. The molecule has 3 aromatic rings. The summed E-state index contributed by atoms with van der Waals surface area (Å²) in [5, 5.41) is 6.83. The first-order valence-electron chi connectivity index (χ1n) is 11.1. The van der Waals surface area contributed by atoms with E-state index in [-0.39, 0.29) is 6.04 Å². The van der Waals surface area contributed by atoms with Crippen LogP contribution in [0.25, 0.3) is 11.5 Å². The Balaban J connectivity index is 1.36. The average Bonchev–Trinajstić information content (AvgIpc) is 3.32. The van der Waals surface area contributed by atoms with Gasteiger partial charge in [-0.2, -0.15) is 0 Å². The van der Waals surface area contributed by atoms with Crippen molar-refractivity contribution in [2.24, 2.45) is 4.99 Å². The number of aliphatic imine (C=N–C) groups is 1. The largest absolute Gasteiger partial charge is 0.444 e. The molecule has 0 radical (unpaired) electrons. The number of morpholine rings is 1. The van der Waals surface area contributed by atoms with Crippen molar-refractivity contribution in [3.63, 3.8) is 0 Å². The fourth-order valence-corrected chi connectivity index (χ4v) is 3.83. The third-order valence-corrected chi connectivity index (χ3v) is 5.64. The first-order chi connectivity index (χ1) is 15.7. The summed E-state index contributed by atoms with van der Waals surface area (Å²) in [7, 11) is 1.78. The summed E-state index contributed by atoms with van der Waals surface area (Å²) >= 11 is 0. The summed E-state index contributed by atoms with van der Waals surface area (Å²) in [5.41, 5.74) is 4.36. The van der Waals surface area contributed by atoms with Crippen molar-refractivity contribution in [1.29, 1.82) is 0 Å². The summed E-state index contributed by atoms with van der Waals surface area (Å²) in [6.07, 6.45) is 1.69. The molecule has 0 bridgehead atoms. The molecule has 7 heteroatoms. The van der Waals surface area contributed by atoms with E-state index in [1.807, 2.05) is 30.3 Å². The molecule has 0 saturated carbocycles. The molecule has 1 fully saturated rings. The molecule has 1 atom stereocenters. The molecule has 0 amide bonds. The highest BCUT2D eigenvalue weighted by Gasteiger charge is 2.23. The number of nitrogens with one attached hydrogen (secondary N) is 2. The van der Waals surface area contributed by atoms with Crippen LogP contribution in [0.15, 0.2) is 70.3 Å². The summed E-state index contributed by atoms with van der Waals surface area (Å²) in [4.78, 5) is 11.4. The Hall–Kier alpha value is -3.16. The van der Waals surface area contributed by atoms with Crippen LogP contribution < -0.4 is 10.6 Å². The minimum Gasteiger partial charge on any atom is -0.444 e. The highest BCUT2D eigenvalue weighted by molar-refractivity contribution is 5.79. The van der Waals surface area contributed by atoms with Crippen molar-refractivity contribution in [2.45, 2.75) is 19.5 Å². The quantitative estimate of drug-likeness (QED) is 0.440. The van der Waals surface area contributed by atoms with Gasteiger partial charge in [-0.15, -0.1) is 0 Å². The van der Waals surface area contributed by atoms with Gasteiger partial charge in [0.05, 0.1) is 31.5 Å². The SMILES string of the molecule is CN=C(NCc1coc(-c2ccccc2)n1)NCC(c1ccc(C)cc1)N1CCOCC1. The van der Waals surface area contributed by atoms with Gasteiger partial charge in [-0.25, -0.2) is 4.98 Å². The van der Waals surface area contributed by atoms with E-state index in [1.54, 1.807) is 13.3 Å². The van der Waals surface area contributed by atoms with Gasteiger partial charge in [-0.3, -0.25) is 9.89 Å². The van der Waals surface area contributed by atoms with Crippen LogP contribution in [0.5, 0.6) is 0 Å². The second-order valence-corrected chi connectivity index (χ2v) is 7.89. The molecule has 2 aromatic carbocycles. The molecule has 1 aliphatic rings. The Morgan fingerprint density at radius 3 is 2.53 bits per heavy atom. The first-order valence-corrected chi connectivity index (χ1v) is 11.1. The van der Waals surface area contributed by atoms with Crippen LogP contribution in [-0.2, 0) is 11.3 Å². The molecule has 168 valence electrons. The molecule has 1 saturated heterocycles. The van der Waals surface area contributed by atoms with Gasteiger partial charge >= 0.3 is 0 Å². The molecule has 1 unspecified atom stereocenters. The van der Waals surface area contributed by atoms with Crippen molar-refractivity contribution in [3.05, 3.63) is 77.7 Å². The number of hydrogen-bond donors (Lipinski definition) is 2. The van der Waals surface area contributed by atoms with Crippen molar-refractivity contribution in [1.82, 2.24) is 20.5 Å². The second-order valence-electron chi connectivity index (χ2n) is 7.89. The van der Waals surface area contributed by atoms with Crippen LogP contribution in [0.2, 0.25) is 0 Å². The van der Waals surface area contributed by atoms with Gasteiger partial charge in [0.2, 0.25) is 5.89 Å². The van der Waals surface area contributed by atoms with E-state index in [0.29, 0.717) is 12.4 Å². The lowest BCUT2D eigenvalue weighted by atomic mass is 10.0. The minimum absolute atomic E-state index is 0.245. The van der Waals surface area contributed by atoms with Gasteiger partial charge in [0.1, 0.15) is 6.26 Å². The monoisotopic (exact) mass is 433 g/mol. The molecule has 1 aliphatic heterocycles. The van der Waals surface area contributed by atoms with Gasteiger partial charge in [-0.1, -0.05) is 48.0 Å². The first kappa shape index (κ1) is 22.0. The molecule has 2 heterocycles. The van der Waals surface area contributed by atoms with Crippen LogP contribution in [-0.4, -0.2) is 55.7 Å². The van der Waals surface area contributed by atoms with Crippen LogP contribution in [0.3, 0.4) is 0 Å². The molecule has 7 nitrogen and oxygen atoms in total. The van der Waals surface area contributed by atoms with E-state index in [2.05, 4.69) is 56.7 Å². The number of ether oxygens (including phenoxy) is 1. The predicted molar refractivity (Wildman–Crippen MR) is 126 cm³/mol. The van der Waals surface area contributed by atoms with Crippen LogP contribution in [0.1, 0.15) is 22.9 Å². The van der Waals surface area contributed by atoms with E-state index in [9.17, 15) is 0 Å². The van der Waals surface area contributed by atoms with E-state index in [1.165, 1.54) is 11.1 Å². The topological polar surface area (TPSA) is 74.9 Å². The second kappa shape index (κ2) is 10.9. The maximum atomic E-state index is 5.63. The number of hydrogen-bond acceptors (Lipinski definition) is 5. The number of nitrogens with zero attached hydrogens (tertiary/aromatic N) is 3. The highest BCUT2D eigenvalue weighted by Crippen LogP contribution is 2.22. The lowest BCUT2D eigenvalue weighted by Gasteiger charge is -2.35. The Morgan fingerprint density at radius 1 is 1.06 bits per heavy atom. The summed E-state index contributed by atoms with van der Waals surface area (Å²) in [6.45, 7) is 6.78. The van der Waals surface area contributed by atoms with Crippen LogP contribution in [0.4, 0.5) is 0 Å². The fraction of sp³-hybridized carbons (Fsp3) is 0.360. The van der Waals surface area contributed by atoms with Crippen molar-refractivity contribution >= 4 is 5.96 Å². The molecular formula is C25H31N5O2. The Kier molecular flexibility index (Phi) is 7.53. The fourth-order valence-electron chi connectivity index (χ4n) is 3.83. The summed E-state index contributed by atoms with van der Waals surface area (Å²) in [5.74, 6) is 1.36. The van der Waals surface area contributed by atoms with Gasteiger partial charge in [0.15, 0.2) is 5.96 Å². The highest BCUT2D eigenvalue weighted by atomic mass is 16.5. The average molecular weight is 434 g/mol. The lowest BCUT2D eigenvalue weighted by molar-refractivity contribution is 0.0170. The zero-order chi connectivity index (χ0) is 22.2. The predicted octanol–water partition coefficient (Wildman–Crippen LogP) is 3.39. The van der Waals surface area contributed by atoms with E-state index >= 15 is 0 Å². The van der Waals surface area contributed by atoms with Crippen molar-refractivity contribution < 1.29 is 9.15 Å². The zero-order valence-electron chi connectivity index (χ0n) is 18.8. The zero-order valence-corrected chi connectivity index (χ0v) is 18.8. The Bertz CT molecular complexity index is 995. The molecular weight excluding hydrogens is 402 g/mol. The maximum Gasteiger partial charge on any atom is 0.226 e. The minimum atomic E-state index is 0.245. The Labute approximate surface area is 189 Å². The van der Waals surface area contributed by atoms with Crippen LogP contribution in [0, 0.1) is 6.92 Å². The molecule has 4 rings (SSSR count). The number of aromatic nitrogens is 1. The summed E-state index contributed by atoms with van der Waals surface area (Å²) < 4.78 is 11.2. The molecule has 0 aliphatic carbocycles. The number of benzene rings is 2. The van der Waals surface area contributed by atoms with Crippen molar-refractivity contribution in [3.8, 4) is 11.5 Å². The van der Waals surface area contributed by atoms with Gasteiger partial charge < -0.3 is 19.8 Å². The third-order valence-electron chi connectivity index (χ3n) is 5.64. The van der Waals surface area contributed by atoms with Crippen molar-refractivity contribution in [2.75, 3.05) is 39.9 Å². The number of guanidine groups is 1. The van der Waals surface area contributed by atoms with Gasteiger partial charge in [0.25, 0.3) is 0 Å². The lowest BCUT2D eigenvalue weighted by Crippen LogP contribution is -2.46. The molecule has 0 spiro atoms. The number of rotatable bonds is 7. The number of aryl methyl sites for hydroxylation is 1.